The highest BCUT2D eigenvalue weighted by Gasteiger charge is 2.25. The fraction of sp³-hybridized carbons (Fsp3) is 0.357. The molecule has 2 atom stereocenters. The molecule has 0 fully saturated rings. The highest BCUT2D eigenvalue weighted by molar-refractivity contribution is 6.00. The zero-order valence-electron chi connectivity index (χ0n) is 11.4. The van der Waals surface area contributed by atoms with Crippen molar-refractivity contribution < 1.29 is 19.5 Å². The molecule has 0 aliphatic carbocycles. The number of carbonyl (C=O) groups is 3. The highest BCUT2D eigenvalue weighted by atomic mass is 16.4. The number of hydrogen-bond acceptors (Lipinski definition) is 3. The number of carbonyl (C=O) groups excluding carboxylic acids is 2. The van der Waals surface area contributed by atoms with Crippen LogP contribution in [0.5, 0.6) is 0 Å². The molecule has 4 N–H and O–H groups in total. The number of carboxylic acids is 1. The average Bonchev–Trinajstić information content (AvgIpc) is 2.43. The smallest absolute Gasteiger partial charge is 0.326 e. The van der Waals surface area contributed by atoms with Crippen LogP contribution in [0.15, 0.2) is 24.3 Å². The van der Waals surface area contributed by atoms with Gasteiger partial charge in [0.05, 0.1) is 0 Å². The van der Waals surface area contributed by atoms with Crippen molar-refractivity contribution in [3.05, 3.63) is 35.4 Å². The van der Waals surface area contributed by atoms with Crippen LogP contribution in [0.25, 0.3) is 0 Å². The van der Waals surface area contributed by atoms with E-state index in [-0.39, 0.29) is 17.0 Å². The molecule has 6 nitrogen and oxygen atoms in total. The number of aliphatic carboxylic acids is 1. The monoisotopic (exact) mass is 278 g/mol. The topological polar surface area (TPSA) is 109 Å². The van der Waals surface area contributed by atoms with Gasteiger partial charge in [0.15, 0.2) is 0 Å². The Labute approximate surface area is 117 Å². The lowest BCUT2D eigenvalue weighted by Gasteiger charge is -2.20. The molecule has 0 spiro atoms. The summed E-state index contributed by atoms with van der Waals surface area (Å²) in [7, 11) is 0. The molecule has 6 heteroatoms. The summed E-state index contributed by atoms with van der Waals surface area (Å²) in [6.45, 7) is 3.60. The van der Waals surface area contributed by atoms with Crippen LogP contribution in [0.2, 0.25) is 0 Å². The first-order valence-electron chi connectivity index (χ1n) is 6.30. The van der Waals surface area contributed by atoms with E-state index in [0.717, 1.165) is 0 Å². The van der Waals surface area contributed by atoms with Crippen molar-refractivity contribution >= 4 is 17.8 Å². The van der Waals surface area contributed by atoms with Gasteiger partial charge in [-0.2, -0.15) is 0 Å². The van der Waals surface area contributed by atoms with Crippen molar-refractivity contribution in [2.75, 3.05) is 0 Å². The lowest BCUT2D eigenvalue weighted by molar-refractivity contribution is -0.140. The van der Waals surface area contributed by atoms with Crippen LogP contribution in [0.4, 0.5) is 0 Å². The number of nitrogens with one attached hydrogen (secondary N) is 1. The van der Waals surface area contributed by atoms with Crippen molar-refractivity contribution in [1.82, 2.24) is 5.32 Å². The number of carboxylic acid groups (broad SMARTS) is 1. The maximum Gasteiger partial charge on any atom is 0.326 e. The number of amides is 2. The summed E-state index contributed by atoms with van der Waals surface area (Å²) in [6.07, 6.45) is 0.624. The molecule has 1 rings (SSSR count). The van der Waals surface area contributed by atoms with Gasteiger partial charge in [-0.05, 0) is 24.1 Å². The van der Waals surface area contributed by atoms with Gasteiger partial charge in [0, 0.05) is 11.1 Å². The van der Waals surface area contributed by atoms with E-state index in [1.54, 1.807) is 6.92 Å². The van der Waals surface area contributed by atoms with E-state index in [4.69, 9.17) is 10.8 Å². The molecule has 0 aliphatic heterocycles. The second-order valence-electron chi connectivity index (χ2n) is 4.62. The number of benzene rings is 1. The minimum absolute atomic E-state index is 0.198. The Morgan fingerprint density at radius 1 is 1.30 bits per heavy atom. The molecule has 0 bridgehead atoms. The molecule has 0 radical (unpaired) electrons. The summed E-state index contributed by atoms with van der Waals surface area (Å²) >= 11 is 0. The Kier molecular flexibility index (Phi) is 5.25. The summed E-state index contributed by atoms with van der Waals surface area (Å²) in [5.41, 5.74) is 5.54. The van der Waals surface area contributed by atoms with Gasteiger partial charge in [0.25, 0.3) is 5.91 Å². The Balaban J connectivity index is 2.92. The SMILES string of the molecule is CC[C@H](C)[C@H](NC(=O)c1cccc(C(N)=O)c1)C(=O)O. The maximum absolute atomic E-state index is 12.0. The Hall–Kier alpha value is -2.37. The standard InChI is InChI=1S/C14H18N2O4/c1-3-8(2)11(14(19)20)16-13(18)10-6-4-5-9(7-10)12(15)17/h4-8,11H,3H2,1-2H3,(H2,15,17)(H,16,18)(H,19,20)/t8-,11-/m0/s1. The fourth-order valence-corrected chi connectivity index (χ4v) is 1.72. The molecule has 20 heavy (non-hydrogen) atoms. The van der Waals surface area contributed by atoms with Crippen LogP contribution < -0.4 is 11.1 Å². The van der Waals surface area contributed by atoms with E-state index >= 15 is 0 Å². The van der Waals surface area contributed by atoms with Gasteiger partial charge in [-0.3, -0.25) is 9.59 Å². The van der Waals surface area contributed by atoms with Crippen molar-refractivity contribution in [2.24, 2.45) is 11.7 Å². The van der Waals surface area contributed by atoms with Gasteiger partial charge in [0.1, 0.15) is 6.04 Å². The fourth-order valence-electron chi connectivity index (χ4n) is 1.72. The first kappa shape index (κ1) is 15.7. The molecular weight excluding hydrogens is 260 g/mol. The predicted octanol–water partition coefficient (Wildman–Crippen LogP) is 1.01. The molecule has 108 valence electrons. The minimum Gasteiger partial charge on any atom is -0.480 e. The summed E-state index contributed by atoms with van der Waals surface area (Å²) < 4.78 is 0. The van der Waals surface area contributed by atoms with Crippen molar-refractivity contribution in [2.45, 2.75) is 26.3 Å². The van der Waals surface area contributed by atoms with E-state index < -0.39 is 23.8 Å². The molecule has 0 saturated heterocycles. The van der Waals surface area contributed by atoms with Crippen LogP contribution in [0.1, 0.15) is 41.0 Å². The van der Waals surface area contributed by atoms with Crippen molar-refractivity contribution in [1.29, 1.82) is 0 Å². The van der Waals surface area contributed by atoms with Crippen LogP contribution in [-0.2, 0) is 4.79 Å². The Morgan fingerprint density at radius 2 is 1.90 bits per heavy atom. The van der Waals surface area contributed by atoms with Crippen molar-refractivity contribution in [3.8, 4) is 0 Å². The third-order valence-electron chi connectivity index (χ3n) is 3.17. The molecule has 0 aromatic heterocycles. The number of primary amides is 1. The molecule has 1 aromatic carbocycles. The second kappa shape index (κ2) is 6.70. The van der Waals surface area contributed by atoms with Gasteiger partial charge in [-0.1, -0.05) is 26.3 Å². The zero-order chi connectivity index (χ0) is 15.3. The van der Waals surface area contributed by atoms with E-state index in [2.05, 4.69) is 5.32 Å². The third kappa shape index (κ3) is 3.81. The van der Waals surface area contributed by atoms with Crippen LogP contribution in [0.3, 0.4) is 0 Å². The summed E-state index contributed by atoms with van der Waals surface area (Å²) in [4.78, 5) is 34.2. The highest BCUT2D eigenvalue weighted by Crippen LogP contribution is 2.10. The number of hydrogen-bond donors (Lipinski definition) is 3. The normalized spacial score (nSPS) is 13.3. The maximum atomic E-state index is 12.0. The number of rotatable bonds is 6. The lowest BCUT2D eigenvalue weighted by atomic mass is 9.98. The third-order valence-corrected chi connectivity index (χ3v) is 3.17. The number of nitrogens with two attached hydrogens (primary N) is 1. The lowest BCUT2D eigenvalue weighted by Crippen LogP contribution is -2.45. The quantitative estimate of drug-likeness (QED) is 0.721. The minimum atomic E-state index is -1.08. The first-order chi connectivity index (χ1) is 9.36. The van der Waals surface area contributed by atoms with E-state index in [1.807, 2.05) is 6.92 Å². The van der Waals surface area contributed by atoms with Gasteiger partial charge >= 0.3 is 5.97 Å². The van der Waals surface area contributed by atoms with Gasteiger partial charge in [-0.25, -0.2) is 4.79 Å². The summed E-state index contributed by atoms with van der Waals surface area (Å²) in [5.74, 6) is -2.47. The molecular formula is C14H18N2O4. The van der Waals surface area contributed by atoms with Gasteiger partial charge in [0.2, 0.25) is 5.91 Å². The Morgan fingerprint density at radius 3 is 2.40 bits per heavy atom. The van der Waals surface area contributed by atoms with E-state index in [1.165, 1.54) is 24.3 Å². The summed E-state index contributed by atoms with van der Waals surface area (Å²) in [5, 5.41) is 11.6. The van der Waals surface area contributed by atoms with E-state index in [9.17, 15) is 14.4 Å². The van der Waals surface area contributed by atoms with Gasteiger partial charge < -0.3 is 16.2 Å². The zero-order valence-corrected chi connectivity index (χ0v) is 11.4. The second-order valence-corrected chi connectivity index (χ2v) is 4.62. The average molecular weight is 278 g/mol. The first-order valence-corrected chi connectivity index (χ1v) is 6.30. The molecule has 0 heterocycles. The largest absolute Gasteiger partial charge is 0.480 e. The molecule has 2 amide bonds. The molecule has 0 unspecified atom stereocenters. The molecule has 0 aliphatic rings. The summed E-state index contributed by atoms with van der Waals surface area (Å²) in [6, 6.07) is 4.88. The van der Waals surface area contributed by atoms with Crippen LogP contribution in [-0.4, -0.2) is 28.9 Å². The molecule has 0 saturated carbocycles. The van der Waals surface area contributed by atoms with Crippen molar-refractivity contribution in [3.63, 3.8) is 0 Å². The Bertz CT molecular complexity index is 528. The van der Waals surface area contributed by atoms with Crippen LogP contribution in [0, 0.1) is 5.92 Å². The van der Waals surface area contributed by atoms with Gasteiger partial charge in [-0.15, -0.1) is 0 Å². The molecule has 1 aromatic rings. The predicted molar refractivity (Wildman–Crippen MR) is 73.3 cm³/mol. The van der Waals surface area contributed by atoms with Crippen LogP contribution >= 0.6 is 0 Å². The van der Waals surface area contributed by atoms with E-state index in [0.29, 0.717) is 6.42 Å².